The maximum Gasteiger partial charge on any atom is 0.124 e. The predicted molar refractivity (Wildman–Crippen MR) is 76.0 cm³/mol. The van der Waals surface area contributed by atoms with Crippen LogP contribution < -0.4 is 10.2 Å². The molecule has 3 rings (SSSR count). The lowest BCUT2D eigenvalue weighted by atomic mass is 9.92. The van der Waals surface area contributed by atoms with Gasteiger partial charge in [0.05, 0.1) is 12.6 Å². The Morgan fingerprint density at radius 2 is 1.89 bits per heavy atom. The summed E-state index contributed by atoms with van der Waals surface area (Å²) in [5.41, 5.74) is 5.00. The number of para-hydroxylation sites is 1. The van der Waals surface area contributed by atoms with Crippen molar-refractivity contribution in [1.82, 2.24) is 15.3 Å². The zero-order chi connectivity index (χ0) is 13.2. The highest BCUT2D eigenvalue weighted by Gasteiger charge is 2.29. The van der Waals surface area contributed by atoms with Crippen molar-refractivity contribution in [3.8, 4) is 5.75 Å². The number of nitrogens with zero attached hydrogens (tertiary/aromatic N) is 2. The second kappa shape index (κ2) is 5.49. The number of hydrogen-bond donors (Lipinski definition) is 1. The zero-order valence-corrected chi connectivity index (χ0v) is 11.8. The Morgan fingerprint density at radius 3 is 2.68 bits per heavy atom. The molecule has 104 valence electrons. The van der Waals surface area contributed by atoms with Crippen molar-refractivity contribution in [1.29, 1.82) is 0 Å². The van der Waals surface area contributed by atoms with Crippen molar-refractivity contribution < 1.29 is 4.74 Å². The molecule has 1 saturated heterocycles. The minimum atomic E-state index is 0.369. The molecule has 0 saturated carbocycles. The van der Waals surface area contributed by atoms with Gasteiger partial charge < -0.3 is 9.64 Å². The SMILES string of the molecule is CC1COc2ccccc2C1NN1CCN(C)CC1. The average Bonchev–Trinajstić information content (AvgIpc) is 2.44. The highest BCUT2D eigenvalue weighted by molar-refractivity contribution is 5.37. The van der Waals surface area contributed by atoms with Crippen LogP contribution >= 0.6 is 0 Å². The van der Waals surface area contributed by atoms with Gasteiger partial charge in [0.25, 0.3) is 0 Å². The highest BCUT2D eigenvalue weighted by Crippen LogP contribution is 2.35. The third-order valence-electron chi connectivity index (χ3n) is 4.15. The van der Waals surface area contributed by atoms with E-state index in [-0.39, 0.29) is 0 Å². The maximum absolute atomic E-state index is 5.81. The molecule has 0 aliphatic carbocycles. The minimum Gasteiger partial charge on any atom is -0.493 e. The fourth-order valence-electron chi connectivity index (χ4n) is 2.82. The van der Waals surface area contributed by atoms with Gasteiger partial charge in [0.15, 0.2) is 0 Å². The molecule has 0 amide bonds. The van der Waals surface area contributed by atoms with Crippen molar-refractivity contribution in [2.45, 2.75) is 13.0 Å². The number of nitrogens with one attached hydrogen (secondary N) is 1. The van der Waals surface area contributed by atoms with E-state index in [9.17, 15) is 0 Å². The van der Waals surface area contributed by atoms with Crippen LogP contribution in [0.5, 0.6) is 5.75 Å². The van der Waals surface area contributed by atoms with Gasteiger partial charge in [-0.3, -0.25) is 0 Å². The van der Waals surface area contributed by atoms with E-state index in [4.69, 9.17) is 4.74 Å². The normalized spacial score (nSPS) is 28.7. The largest absolute Gasteiger partial charge is 0.493 e. The van der Waals surface area contributed by atoms with Gasteiger partial charge in [-0.15, -0.1) is 0 Å². The highest BCUT2D eigenvalue weighted by atomic mass is 16.5. The van der Waals surface area contributed by atoms with E-state index in [0.29, 0.717) is 12.0 Å². The molecule has 1 N–H and O–H groups in total. The standard InChI is InChI=1S/C15H23N3O/c1-12-11-19-14-6-4-3-5-13(14)15(12)16-18-9-7-17(2)8-10-18/h3-6,12,15-16H,7-11H2,1-2H3. The lowest BCUT2D eigenvalue weighted by Gasteiger charge is -2.39. The molecule has 4 heteroatoms. The summed E-state index contributed by atoms with van der Waals surface area (Å²) in [6, 6.07) is 8.76. The van der Waals surface area contributed by atoms with Crippen molar-refractivity contribution >= 4 is 0 Å². The van der Waals surface area contributed by atoms with Gasteiger partial charge in [0, 0.05) is 37.7 Å². The zero-order valence-electron chi connectivity index (χ0n) is 11.8. The van der Waals surface area contributed by atoms with Crippen molar-refractivity contribution in [3.05, 3.63) is 29.8 Å². The van der Waals surface area contributed by atoms with Gasteiger partial charge >= 0.3 is 0 Å². The van der Waals surface area contributed by atoms with Crippen LogP contribution in [0.25, 0.3) is 0 Å². The van der Waals surface area contributed by atoms with Gasteiger partial charge in [0.2, 0.25) is 0 Å². The topological polar surface area (TPSA) is 27.7 Å². The summed E-state index contributed by atoms with van der Waals surface area (Å²) in [4.78, 5) is 2.37. The van der Waals surface area contributed by atoms with E-state index in [2.05, 4.69) is 47.5 Å². The van der Waals surface area contributed by atoms with Gasteiger partial charge in [-0.1, -0.05) is 25.1 Å². The molecule has 0 aromatic heterocycles. The van der Waals surface area contributed by atoms with E-state index < -0.39 is 0 Å². The molecule has 19 heavy (non-hydrogen) atoms. The lowest BCUT2D eigenvalue weighted by molar-refractivity contribution is 0.0581. The fraction of sp³-hybridized carbons (Fsp3) is 0.600. The van der Waals surface area contributed by atoms with Crippen LogP contribution in [-0.4, -0.2) is 49.7 Å². The van der Waals surface area contributed by atoms with Gasteiger partial charge in [0.1, 0.15) is 5.75 Å². The molecular weight excluding hydrogens is 238 g/mol. The third kappa shape index (κ3) is 2.76. The van der Waals surface area contributed by atoms with Crippen LogP contribution in [0, 0.1) is 5.92 Å². The molecule has 1 aromatic rings. The number of ether oxygens (including phenoxy) is 1. The molecule has 4 nitrogen and oxygen atoms in total. The summed E-state index contributed by atoms with van der Waals surface area (Å²) in [5, 5.41) is 2.36. The molecule has 0 radical (unpaired) electrons. The molecule has 1 aromatic carbocycles. The molecule has 0 bridgehead atoms. The van der Waals surface area contributed by atoms with E-state index in [0.717, 1.165) is 38.5 Å². The first-order valence-corrected chi connectivity index (χ1v) is 7.15. The second-order valence-electron chi connectivity index (χ2n) is 5.72. The van der Waals surface area contributed by atoms with Gasteiger partial charge in [-0.05, 0) is 13.1 Å². The molecule has 1 fully saturated rings. The van der Waals surface area contributed by atoms with Crippen molar-refractivity contribution in [2.24, 2.45) is 5.92 Å². The Labute approximate surface area is 115 Å². The summed E-state index contributed by atoms with van der Waals surface area (Å²) in [6.07, 6.45) is 0. The first-order chi connectivity index (χ1) is 9.24. The van der Waals surface area contributed by atoms with E-state index in [1.54, 1.807) is 0 Å². The molecule has 2 aliphatic rings. The molecule has 2 heterocycles. The first kappa shape index (κ1) is 12.9. The predicted octanol–water partition coefficient (Wildman–Crippen LogP) is 1.51. The second-order valence-corrected chi connectivity index (χ2v) is 5.72. The molecule has 2 aliphatic heterocycles. The van der Waals surface area contributed by atoms with Crippen LogP contribution in [0.15, 0.2) is 24.3 Å². The number of rotatable bonds is 2. The first-order valence-electron chi connectivity index (χ1n) is 7.15. The van der Waals surface area contributed by atoms with Crippen LogP contribution in [0.3, 0.4) is 0 Å². The van der Waals surface area contributed by atoms with Crippen LogP contribution in [0.4, 0.5) is 0 Å². The quantitative estimate of drug-likeness (QED) is 0.873. The maximum atomic E-state index is 5.81. The number of piperazine rings is 1. The summed E-state index contributed by atoms with van der Waals surface area (Å²) < 4.78 is 5.81. The Morgan fingerprint density at radius 1 is 1.16 bits per heavy atom. The Bertz CT molecular complexity index is 429. The number of fused-ring (bicyclic) bond motifs is 1. The van der Waals surface area contributed by atoms with Crippen molar-refractivity contribution in [3.63, 3.8) is 0 Å². The average molecular weight is 261 g/mol. The minimum absolute atomic E-state index is 0.369. The number of hydrogen-bond acceptors (Lipinski definition) is 4. The summed E-state index contributed by atoms with van der Waals surface area (Å²) in [5.74, 6) is 1.53. The molecule has 2 atom stereocenters. The monoisotopic (exact) mass is 261 g/mol. The van der Waals surface area contributed by atoms with Crippen LogP contribution in [-0.2, 0) is 0 Å². The van der Waals surface area contributed by atoms with Crippen LogP contribution in [0.1, 0.15) is 18.5 Å². The van der Waals surface area contributed by atoms with E-state index >= 15 is 0 Å². The van der Waals surface area contributed by atoms with Gasteiger partial charge in [-0.25, -0.2) is 10.4 Å². The van der Waals surface area contributed by atoms with Crippen LogP contribution in [0.2, 0.25) is 0 Å². The Balaban J connectivity index is 1.73. The Kier molecular flexibility index (Phi) is 3.73. The Hall–Kier alpha value is -1.10. The molecular formula is C15H23N3O. The summed E-state index contributed by atoms with van der Waals surface area (Å²) >= 11 is 0. The summed E-state index contributed by atoms with van der Waals surface area (Å²) in [7, 11) is 2.18. The number of hydrazine groups is 1. The molecule has 0 spiro atoms. The van der Waals surface area contributed by atoms with Crippen molar-refractivity contribution in [2.75, 3.05) is 39.8 Å². The lowest BCUT2D eigenvalue weighted by Crippen LogP contribution is -2.53. The van der Waals surface area contributed by atoms with Gasteiger partial charge in [-0.2, -0.15) is 0 Å². The van der Waals surface area contributed by atoms with E-state index in [1.807, 2.05) is 6.07 Å². The smallest absolute Gasteiger partial charge is 0.124 e. The fourth-order valence-corrected chi connectivity index (χ4v) is 2.82. The number of benzene rings is 1. The number of likely N-dealkylation sites (N-methyl/N-ethyl adjacent to an activating group) is 1. The summed E-state index contributed by atoms with van der Waals surface area (Å²) in [6.45, 7) is 7.48. The van der Waals surface area contributed by atoms with E-state index in [1.165, 1.54) is 5.56 Å². The third-order valence-corrected chi connectivity index (χ3v) is 4.15. The molecule has 2 unspecified atom stereocenters.